The molecule has 132 valence electrons. The Morgan fingerprint density at radius 1 is 1.15 bits per heavy atom. The molecule has 1 N–H and O–H groups in total. The molecule has 1 aliphatic rings. The highest BCUT2D eigenvalue weighted by Gasteiger charge is 2.26. The molecule has 1 unspecified atom stereocenters. The molecule has 1 fully saturated rings. The summed E-state index contributed by atoms with van der Waals surface area (Å²) < 4.78 is 0. The topological polar surface area (TPSA) is 50.2 Å². The summed E-state index contributed by atoms with van der Waals surface area (Å²) in [5.41, 5.74) is 3.82. The van der Waals surface area contributed by atoms with Gasteiger partial charge in [0.1, 0.15) is 0 Å². The lowest BCUT2D eigenvalue weighted by molar-refractivity contribution is -0.133. The minimum Gasteiger partial charge on any atom is -0.481 e. The fraction of sp³-hybridized carbons (Fsp3) is 0.273. The van der Waals surface area contributed by atoms with Gasteiger partial charge in [0, 0.05) is 23.2 Å². The van der Waals surface area contributed by atoms with E-state index in [0.29, 0.717) is 5.92 Å². The number of carbonyl (C=O) groups is 1. The predicted octanol–water partition coefficient (Wildman–Crippen LogP) is 5.44. The normalized spacial score (nSPS) is 15.1. The molecule has 2 aromatic carbocycles. The molecule has 0 spiro atoms. The van der Waals surface area contributed by atoms with Crippen LogP contribution in [0, 0.1) is 0 Å². The van der Waals surface area contributed by atoms with E-state index in [9.17, 15) is 4.79 Å². The SMILES string of the molecule is CC(c1cnccc1SCC(=O)O)c1ccc(C2CC2)c2ccccc12. The van der Waals surface area contributed by atoms with Crippen LogP contribution >= 0.6 is 11.8 Å². The minimum atomic E-state index is -0.801. The molecular weight excluding hydrogens is 342 g/mol. The van der Waals surface area contributed by atoms with Crippen molar-refractivity contribution in [1.82, 2.24) is 4.98 Å². The van der Waals surface area contributed by atoms with Crippen LogP contribution in [0.4, 0.5) is 0 Å². The molecule has 0 radical (unpaired) electrons. The molecular formula is C22H21NO2S. The number of rotatable bonds is 6. The van der Waals surface area contributed by atoms with Crippen LogP contribution in [0.3, 0.4) is 0 Å². The molecule has 3 aromatic rings. The molecule has 4 rings (SSSR count). The van der Waals surface area contributed by atoms with Crippen molar-refractivity contribution in [2.45, 2.75) is 36.5 Å². The first-order valence-corrected chi connectivity index (χ1v) is 9.93. The highest BCUT2D eigenvalue weighted by atomic mass is 32.2. The number of pyridine rings is 1. The lowest BCUT2D eigenvalue weighted by atomic mass is 9.87. The smallest absolute Gasteiger partial charge is 0.313 e. The van der Waals surface area contributed by atoms with E-state index in [0.717, 1.165) is 10.5 Å². The van der Waals surface area contributed by atoms with Crippen molar-refractivity contribution in [3.05, 3.63) is 71.5 Å². The van der Waals surface area contributed by atoms with Gasteiger partial charge < -0.3 is 5.11 Å². The summed E-state index contributed by atoms with van der Waals surface area (Å²) in [7, 11) is 0. The van der Waals surface area contributed by atoms with Crippen molar-refractivity contribution in [2.75, 3.05) is 5.75 Å². The summed E-state index contributed by atoms with van der Waals surface area (Å²) in [4.78, 5) is 16.3. The highest BCUT2D eigenvalue weighted by molar-refractivity contribution is 8.00. The molecule has 0 bridgehead atoms. The van der Waals surface area contributed by atoms with E-state index in [1.54, 1.807) is 6.20 Å². The van der Waals surface area contributed by atoms with Gasteiger partial charge in [-0.25, -0.2) is 0 Å². The molecule has 1 aromatic heterocycles. The van der Waals surface area contributed by atoms with Crippen LogP contribution in [0.5, 0.6) is 0 Å². The van der Waals surface area contributed by atoms with Gasteiger partial charge in [0.15, 0.2) is 0 Å². The van der Waals surface area contributed by atoms with Crippen molar-refractivity contribution in [3.63, 3.8) is 0 Å². The first-order valence-electron chi connectivity index (χ1n) is 8.95. The number of aromatic nitrogens is 1. The third-order valence-electron chi connectivity index (χ3n) is 5.10. The largest absolute Gasteiger partial charge is 0.481 e. The van der Waals surface area contributed by atoms with E-state index >= 15 is 0 Å². The zero-order valence-corrected chi connectivity index (χ0v) is 15.5. The Bertz CT molecular complexity index is 965. The summed E-state index contributed by atoms with van der Waals surface area (Å²) in [6.45, 7) is 2.18. The molecule has 1 saturated carbocycles. The number of aliphatic carboxylic acids is 1. The van der Waals surface area contributed by atoms with E-state index in [-0.39, 0.29) is 11.7 Å². The highest BCUT2D eigenvalue weighted by Crippen LogP contribution is 2.45. The summed E-state index contributed by atoms with van der Waals surface area (Å²) >= 11 is 1.36. The second-order valence-electron chi connectivity index (χ2n) is 6.88. The summed E-state index contributed by atoms with van der Waals surface area (Å²) in [6, 6.07) is 15.1. The maximum absolute atomic E-state index is 11.0. The fourth-order valence-corrected chi connectivity index (χ4v) is 4.46. The van der Waals surface area contributed by atoms with E-state index < -0.39 is 5.97 Å². The number of benzene rings is 2. The van der Waals surface area contributed by atoms with E-state index in [1.165, 1.54) is 46.5 Å². The van der Waals surface area contributed by atoms with Gasteiger partial charge in [-0.15, -0.1) is 11.8 Å². The van der Waals surface area contributed by atoms with Crippen LogP contribution in [0.15, 0.2) is 59.8 Å². The standard InChI is InChI=1S/C22H21NO2S/c1-14(20-12-23-11-10-21(20)26-13-22(24)25)16-8-9-17(15-6-7-15)19-5-3-2-4-18(16)19/h2-5,8-12,14-15H,6-7,13H2,1H3,(H,24,25). The van der Waals surface area contributed by atoms with Crippen LogP contribution in [0.2, 0.25) is 0 Å². The third kappa shape index (κ3) is 3.34. The van der Waals surface area contributed by atoms with E-state index in [4.69, 9.17) is 5.11 Å². The Hall–Kier alpha value is -2.33. The first-order chi connectivity index (χ1) is 12.6. The third-order valence-corrected chi connectivity index (χ3v) is 6.18. The van der Waals surface area contributed by atoms with Gasteiger partial charge in [0.25, 0.3) is 0 Å². The number of fused-ring (bicyclic) bond motifs is 1. The predicted molar refractivity (Wildman–Crippen MR) is 106 cm³/mol. The van der Waals surface area contributed by atoms with E-state index in [1.807, 2.05) is 12.3 Å². The lowest BCUT2D eigenvalue weighted by Crippen LogP contribution is -2.03. The molecule has 0 aliphatic heterocycles. The second kappa shape index (κ2) is 7.12. The maximum Gasteiger partial charge on any atom is 0.313 e. The van der Waals surface area contributed by atoms with Crippen LogP contribution in [-0.2, 0) is 4.79 Å². The van der Waals surface area contributed by atoms with Crippen LogP contribution < -0.4 is 0 Å². The average molecular weight is 363 g/mol. The van der Waals surface area contributed by atoms with Crippen molar-refractivity contribution >= 4 is 28.5 Å². The summed E-state index contributed by atoms with van der Waals surface area (Å²) in [6.07, 6.45) is 6.18. The maximum atomic E-state index is 11.0. The Balaban J connectivity index is 1.77. The van der Waals surface area contributed by atoms with Gasteiger partial charge >= 0.3 is 5.97 Å². The van der Waals surface area contributed by atoms with E-state index in [2.05, 4.69) is 48.3 Å². The number of carboxylic acids is 1. The Kier molecular flexibility index (Phi) is 4.68. The average Bonchev–Trinajstić information content (AvgIpc) is 3.50. The van der Waals surface area contributed by atoms with Gasteiger partial charge in [-0.1, -0.05) is 43.3 Å². The van der Waals surface area contributed by atoms with Crippen LogP contribution in [0.1, 0.15) is 48.3 Å². The fourth-order valence-electron chi connectivity index (χ4n) is 3.63. The number of hydrogen-bond acceptors (Lipinski definition) is 3. The van der Waals surface area contributed by atoms with Gasteiger partial charge in [-0.3, -0.25) is 9.78 Å². The van der Waals surface area contributed by atoms with Gasteiger partial charge in [0.05, 0.1) is 5.75 Å². The molecule has 1 heterocycles. The second-order valence-corrected chi connectivity index (χ2v) is 7.90. The Morgan fingerprint density at radius 3 is 2.65 bits per heavy atom. The van der Waals surface area contributed by atoms with Crippen molar-refractivity contribution in [1.29, 1.82) is 0 Å². The molecule has 1 aliphatic carbocycles. The van der Waals surface area contributed by atoms with Gasteiger partial charge in [0.2, 0.25) is 0 Å². The molecule has 3 nitrogen and oxygen atoms in total. The number of thioether (sulfide) groups is 1. The van der Waals surface area contributed by atoms with Gasteiger partial charge in [-0.05, 0) is 52.3 Å². The minimum absolute atomic E-state index is 0.0606. The van der Waals surface area contributed by atoms with Gasteiger partial charge in [-0.2, -0.15) is 0 Å². The quantitative estimate of drug-likeness (QED) is 0.592. The zero-order chi connectivity index (χ0) is 18.1. The van der Waals surface area contributed by atoms with Crippen molar-refractivity contribution in [3.8, 4) is 0 Å². The summed E-state index contributed by atoms with van der Waals surface area (Å²) in [5, 5.41) is 11.7. The Morgan fingerprint density at radius 2 is 1.92 bits per heavy atom. The molecule has 0 saturated heterocycles. The van der Waals surface area contributed by atoms with Crippen molar-refractivity contribution < 1.29 is 9.90 Å². The summed E-state index contributed by atoms with van der Waals surface area (Å²) in [5.74, 6) is 0.123. The first kappa shape index (κ1) is 17.1. The molecule has 0 amide bonds. The molecule has 26 heavy (non-hydrogen) atoms. The van der Waals surface area contributed by atoms with Crippen LogP contribution in [-0.4, -0.2) is 21.8 Å². The molecule has 4 heteroatoms. The monoisotopic (exact) mass is 363 g/mol. The lowest BCUT2D eigenvalue weighted by Gasteiger charge is -2.19. The number of hydrogen-bond donors (Lipinski definition) is 1. The Labute approximate surface area is 157 Å². The van der Waals surface area contributed by atoms with Crippen molar-refractivity contribution in [2.24, 2.45) is 0 Å². The van der Waals surface area contributed by atoms with Crippen LogP contribution in [0.25, 0.3) is 10.8 Å². The number of carboxylic acid groups (broad SMARTS) is 1. The zero-order valence-electron chi connectivity index (χ0n) is 14.7. The molecule has 1 atom stereocenters. The number of nitrogens with zero attached hydrogens (tertiary/aromatic N) is 1.